The van der Waals surface area contributed by atoms with Crippen LogP contribution in [-0.4, -0.2) is 22.7 Å². The highest BCUT2D eigenvalue weighted by molar-refractivity contribution is 6.36. The minimum absolute atomic E-state index is 0.627. The van der Waals surface area contributed by atoms with Crippen molar-refractivity contribution in [2.45, 2.75) is 20.8 Å². The number of halogens is 2. The van der Waals surface area contributed by atoms with E-state index in [0.29, 0.717) is 10.0 Å². The lowest BCUT2D eigenvalue weighted by Crippen LogP contribution is -2.22. The molecule has 0 unspecified atom stereocenters. The van der Waals surface area contributed by atoms with E-state index in [1.807, 2.05) is 35.7 Å². The van der Waals surface area contributed by atoms with Gasteiger partial charge in [0.1, 0.15) is 0 Å². The molecular weight excluding hydrogens is 329 g/mol. The van der Waals surface area contributed by atoms with Crippen molar-refractivity contribution in [3.05, 3.63) is 52.1 Å². The third-order valence-corrected chi connectivity index (χ3v) is 4.63. The normalized spacial score (nSPS) is 11.2. The second-order valence-corrected chi connectivity index (χ2v) is 6.28. The number of rotatable bonds is 4. The fraction of sp³-hybridized carbons (Fsp3) is 0.278. The lowest BCUT2D eigenvalue weighted by Gasteiger charge is -2.20. The number of nitrogens with zero attached hydrogens (tertiary/aromatic N) is 3. The van der Waals surface area contributed by atoms with Crippen LogP contribution in [0.2, 0.25) is 10.0 Å². The molecule has 0 aliphatic carbocycles. The first-order valence-electron chi connectivity index (χ1n) is 7.75. The first-order valence-corrected chi connectivity index (χ1v) is 8.51. The molecule has 3 rings (SSSR count). The second kappa shape index (κ2) is 6.42. The van der Waals surface area contributed by atoms with Gasteiger partial charge in [0.25, 0.3) is 0 Å². The molecule has 0 saturated heterocycles. The summed E-state index contributed by atoms with van der Waals surface area (Å²) in [6.07, 6.45) is 0. The van der Waals surface area contributed by atoms with E-state index in [4.69, 9.17) is 28.3 Å². The van der Waals surface area contributed by atoms with Crippen LogP contribution in [0.25, 0.3) is 16.8 Å². The van der Waals surface area contributed by atoms with E-state index in [9.17, 15) is 0 Å². The Hall–Kier alpha value is -1.71. The molecule has 3 nitrogen and oxygen atoms in total. The summed E-state index contributed by atoms with van der Waals surface area (Å²) in [5.41, 5.74) is 5.18. The number of aromatic nitrogens is 2. The summed E-state index contributed by atoms with van der Waals surface area (Å²) < 4.78 is 1.97. The van der Waals surface area contributed by atoms with Crippen molar-refractivity contribution in [2.24, 2.45) is 0 Å². The summed E-state index contributed by atoms with van der Waals surface area (Å²) in [6.45, 7) is 8.27. The zero-order valence-electron chi connectivity index (χ0n) is 13.5. The lowest BCUT2D eigenvalue weighted by atomic mass is 10.1. The summed E-state index contributed by atoms with van der Waals surface area (Å²) >= 11 is 12.4. The number of hydrogen-bond acceptors (Lipinski definition) is 2. The van der Waals surface area contributed by atoms with Crippen molar-refractivity contribution in [1.29, 1.82) is 0 Å². The molecule has 0 fully saturated rings. The Morgan fingerprint density at radius 2 is 1.83 bits per heavy atom. The number of anilines is 1. The van der Waals surface area contributed by atoms with Gasteiger partial charge in [0.05, 0.1) is 27.6 Å². The van der Waals surface area contributed by atoms with Gasteiger partial charge in [-0.3, -0.25) is 0 Å². The van der Waals surface area contributed by atoms with Gasteiger partial charge in [0.2, 0.25) is 0 Å². The van der Waals surface area contributed by atoms with Crippen molar-refractivity contribution >= 4 is 34.4 Å². The second-order valence-electron chi connectivity index (χ2n) is 5.44. The monoisotopic (exact) mass is 347 g/mol. The lowest BCUT2D eigenvalue weighted by molar-refractivity contribution is 0.864. The zero-order chi connectivity index (χ0) is 16.6. The molecule has 0 aliphatic rings. The number of benzene rings is 1. The van der Waals surface area contributed by atoms with Gasteiger partial charge in [-0.05, 0) is 51.1 Å². The van der Waals surface area contributed by atoms with E-state index < -0.39 is 0 Å². The van der Waals surface area contributed by atoms with Crippen LogP contribution in [0.1, 0.15) is 19.5 Å². The van der Waals surface area contributed by atoms with E-state index in [1.54, 1.807) is 6.07 Å². The van der Waals surface area contributed by atoms with Gasteiger partial charge in [-0.25, -0.2) is 4.52 Å². The summed E-state index contributed by atoms with van der Waals surface area (Å²) in [6, 6.07) is 11.7. The van der Waals surface area contributed by atoms with Gasteiger partial charge in [-0.1, -0.05) is 29.3 Å². The molecule has 0 spiro atoms. The predicted octanol–water partition coefficient (Wildman–Crippen LogP) is 5.46. The van der Waals surface area contributed by atoms with Crippen LogP contribution < -0.4 is 4.90 Å². The predicted molar refractivity (Wildman–Crippen MR) is 98.9 cm³/mol. The van der Waals surface area contributed by atoms with Crippen molar-refractivity contribution in [3.63, 3.8) is 0 Å². The molecule has 0 bridgehead atoms. The summed E-state index contributed by atoms with van der Waals surface area (Å²) in [4.78, 5) is 2.32. The SMILES string of the molecule is CCN(CC)c1c(C)nn2c(-c3ccc(Cl)cc3Cl)cccc12. The Bertz CT molecular complexity index is 851. The molecule has 120 valence electrons. The maximum Gasteiger partial charge on any atom is 0.0905 e. The average Bonchev–Trinajstić information content (AvgIpc) is 2.86. The van der Waals surface area contributed by atoms with Crippen LogP contribution in [0.5, 0.6) is 0 Å². The molecule has 0 atom stereocenters. The first-order chi connectivity index (χ1) is 11.1. The van der Waals surface area contributed by atoms with Gasteiger partial charge < -0.3 is 4.90 Å². The highest BCUT2D eigenvalue weighted by Gasteiger charge is 2.17. The molecule has 2 heterocycles. The van der Waals surface area contributed by atoms with Crippen molar-refractivity contribution in [3.8, 4) is 11.3 Å². The molecule has 0 radical (unpaired) electrons. The Morgan fingerprint density at radius 3 is 2.48 bits per heavy atom. The van der Waals surface area contributed by atoms with E-state index in [0.717, 1.165) is 35.6 Å². The van der Waals surface area contributed by atoms with Gasteiger partial charge in [0.15, 0.2) is 0 Å². The van der Waals surface area contributed by atoms with Crippen LogP contribution in [0, 0.1) is 6.92 Å². The minimum atomic E-state index is 0.627. The number of hydrogen-bond donors (Lipinski definition) is 0. The summed E-state index contributed by atoms with van der Waals surface area (Å²) in [5.74, 6) is 0. The average molecular weight is 348 g/mol. The fourth-order valence-corrected chi connectivity index (χ4v) is 3.51. The third kappa shape index (κ3) is 2.79. The number of aryl methyl sites for hydroxylation is 1. The molecule has 3 aromatic rings. The van der Waals surface area contributed by atoms with Gasteiger partial charge in [-0.2, -0.15) is 5.10 Å². The van der Waals surface area contributed by atoms with Crippen LogP contribution in [0.15, 0.2) is 36.4 Å². The molecule has 1 aromatic carbocycles. The molecule has 0 saturated carbocycles. The summed E-state index contributed by atoms with van der Waals surface area (Å²) in [5, 5.41) is 6.01. The first kappa shape index (κ1) is 16.2. The van der Waals surface area contributed by atoms with Crippen molar-refractivity contribution in [1.82, 2.24) is 9.61 Å². The van der Waals surface area contributed by atoms with Gasteiger partial charge in [0, 0.05) is 23.7 Å². The molecule has 0 amide bonds. The van der Waals surface area contributed by atoms with E-state index in [1.165, 1.54) is 5.69 Å². The Labute approximate surface area is 146 Å². The smallest absolute Gasteiger partial charge is 0.0905 e. The van der Waals surface area contributed by atoms with Crippen molar-refractivity contribution in [2.75, 3.05) is 18.0 Å². The highest BCUT2D eigenvalue weighted by atomic mass is 35.5. The maximum absolute atomic E-state index is 6.39. The van der Waals surface area contributed by atoms with Crippen LogP contribution in [-0.2, 0) is 0 Å². The van der Waals surface area contributed by atoms with Crippen LogP contribution in [0.4, 0.5) is 5.69 Å². The van der Waals surface area contributed by atoms with E-state index in [-0.39, 0.29) is 0 Å². The largest absolute Gasteiger partial charge is 0.369 e. The van der Waals surface area contributed by atoms with E-state index in [2.05, 4.69) is 24.8 Å². The quantitative estimate of drug-likeness (QED) is 0.624. The molecule has 2 aromatic heterocycles. The van der Waals surface area contributed by atoms with E-state index >= 15 is 0 Å². The molecular formula is C18H19Cl2N3. The topological polar surface area (TPSA) is 20.5 Å². The highest BCUT2D eigenvalue weighted by Crippen LogP contribution is 2.33. The maximum atomic E-state index is 6.39. The Balaban J connectivity index is 2.26. The Kier molecular flexibility index (Phi) is 4.51. The van der Waals surface area contributed by atoms with Gasteiger partial charge >= 0.3 is 0 Å². The fourth-order valence-electron chi connectivity index (χ4n) is 3.00. The molecule has 0 aliphatic heterocycles. The summed E-state index contributed by atoms with van der Waals surface area (Å²) in [7, 11) is 0. The van der Waals surface area contributed by atoms with Crippen molar-refractivity contribution < 1.29 is 0 Å². The molecule has 0 N–H and O–H groups in total. The van der Waals surface area contributed by atoms with Crippen LogP contribution in [0.3, 0.4) is 0 Å². The molecule has 23 heavy (non-hydrogen) atoms. The Morgan fingerprint density at radius 1 is 1.09 bits per heavy atom. The van der Waals surface area contributed by atoms with Crippen LogP contribution >= 0.6 is 23.2 Å². The molecule has 5 heteroatoms. The number of fused-ring (bicyclic) bond motifs is 1. The zero-order valence-corrected chi connectivity index (χ0v) is 15.0. The number of pyridine rings is 1. The standard InChI is InChI=1S/C18H19Cl2N3/c1-4-22(5-2)18-12(3)21-23-16(7-6-8-17(18)23)14-10-9-13(19)11-15(14)20/h6-11H,4-5H2,1-3H3. The van der Waals surface area contributed by atoms with Gasteiger partial charge in [-0.15, -0.1) is 0 Å². The third-order valence-electron chi connectivity index (χ3n) is 4.09. The minimum Gasteiger partial charge on any atom is -0.369 e.